The quantitative estimate of drug-likeness (QED) is 0.499. The first kappa shape index (κ1) is 24.6. The van der Waals surface area contributed by atoms with E-state index in [4.69, 9.17) is 4.74 Å². The summed E-state index contributed by atoms with van der Waals surface area (Å²) in [4.78, 5) is 43.0. The maximum atomic E-state index is 12.9. The lowest BCUT2D eigenvalue weighted by Gasteiger charge is -2.10. The molecule has 0 radical (unpaired) electrons. The number of alkyl halides is 3. The Kier molecular flexibility index (Phi) is 7.44. The van der Waals surface area contributed by atoms with Crippen molar-refractivity contribution in [3.8, 4) is 0 Å². The number of benzene rings is 1. The van der Waals surface area contributed by atoms with Crippen LogP contribution in [0, 0.1) is 13.8 Å². The van der Waals surface area contributed by atoms with Crippen LogP contribution in [0.5, 0.6) is 0 Å². The lowest BCUT2D eigenvalue weighted by Crippen LogP contribution is -2.41. The summed E-state index contributed by atoms with van der Waals surface area (Å²) in [6.07, 6.45) is -4.78. The van der Waals surface area contributed by atoms with E-state index in [0.29, 0.717) is 17.0 Å². The molecule has 3 aromatic rings. The summed E-state index contributed by atoms with van der Waals surface area (Å²) in [6, 6.07) is 8.32. The summed E-state index contributed by atoms with van der Waals surface area (Å²) in [7, 11) is 0. The molecule has 0 fully saturated rings. The molecule has 3 rings (SSSR count). The molecule has 10 nitrogen and oxygen atoms in total. The molecular weight excluding hydrogens is 457 g/mol. The van der Waals surface area contributed by atoms with Crippen molar-refractivity contribution in [1.82, 2.24) is 30.2 Å². The molecule has 180 valence electrons. The van der Waals surface area contributed by atoms with Crippen LogP contribution in [-0.2, 0) is 33.5 Å². The molecule has 2 aromatic heterocycles. The molecule has 0 atom stereocenters. The van der Waals surface area contributed by atoms with Crippen molar-refractivity contribution >= 4 is 23.7 Å². The highest BCUT2D eigenvalue weighted by Crippen LogP contribution is 2.27. The second kappa shape index (κ2) is 10.3. The van der Waals surface area contributed by atoms with E-state index >= 15 is 0 Å². The zero-order chi connectivity index (χ0) is 24.9. The Labute approximate surface area is 191 Å². The molecular formula is C21H21F3N6O4. The van der Waals surface area contributed by atoms with Gasteiger partial charge in [-0.05, 0) is 31.4 Å². The molecule has 0 spiro atoms. The SMILES string of the molecule is Cc1nc2nc(C(F)(F)F)nn2c(C)c1CCC(=O)OCC(=O)NC(=O)NCc1ccccc1. The highest BCUT2D eigenvalue weighted by molar-refractivity contribution is 5.95. The van der Waals surface area contributed by atoms with E-state index in [1.807, 2.05) is 23.5 Å². The molecule has 0 bridgehead atoms. The fourth-order valence-electron chi connectivity index (χ4n) is 3.12. The van der Waals surface area contributed by atoms with Crippen molar-refractivity contribution in [2.75, 3.05) is 6.61 Å². The summed E-state index contributed by atoms with van der Waals surface area (Å²) in [5.74, 6) is -3.04. The number of hydrogen-bond acceptors (Lipinski definition) is 7. The number of rotatable bonds is 7. The molecule has 13 heteroatoms. The number of nitrogens with one attached hydrogen (secondary N) is 2. The number of fused-ring (bicyclic) bond motifs is 1. The van der Waals surface area contributed by atoms with Crippen LogP contribution >= 0.6 is 0 Å². The third-order valence-corrected chi connectivity index (χ3v) is 4.79. The number of aromatic nitrogens is 4. The van der Waals surface area contributed by atoms with E-state index in [1.54, 1.807) is 26.0 Å². The molecule has 0 aliphatic rings. The molecule has 34 heavy (non-hydrogen) atoms. The van der Waals surface area contributed by atoms with Crippen molar-refractivity contribution in [2.24, 2.45) is 0 Å². The Bertz CT molecular complexity index is 1210. The van der Waals surface area contributed by atoms with E-state index in [-0.39, 0.29) is 25.2 Å². The van der Waals surface area contributed by atoms with Crippen molar-refractivity contribution in [3.05, 3.63) is 58.7 Å². The van der Waals surface area contributed by atoms with Crippen molar-refractivity contribution < 1.29 is 32.3 Å². The highest BCUT2D eigenvalue weighted by Gasteiger charge is 2.37. The van der Waals surface area contributed by atoms with Crippen LogP contribution < -0.4 is 10.6 Å². The Morgan fingerprint density at radius 3 is 2.47 bits per heavy atom. The molecule has 0 unspecified atom stereocenters. The second-order valence-electron chi connectivity index (χ2n) is 7.28. The maximum Gasteiger partial charge on any atom is 0.453 e. The summed E-state index contributed by atoms with van der Waals surface area (Å²) < 4.78 is 44.5. The number of ether oxygens (including phenoxy) is 1. The predicted molar refractivity (Wildman–Crippen MR) is 111 cm³/mol. The van der Waals surface area contributed by atoms with Crippen LogP contribution in [0.15, 0.2) is 30.3 Å². The summed E-state index contributed by atoms with van der Waals surface area (Å²) in [6.45, 7) is 2.67. The molecule has 0 saturated heterocycles. The van der Waals surface area contributed by atoms with E-state index in [1.165, 1.54) is 0 Å². The Morgan fingerprint density at radius 2 is 1.79 bits per heavy atom. The monoisotopic (exact) mass is 478 g/mol. The minimum atomic E-state index is -4.71. The van der Waals surface area contributed by atoms with Gasteiger partial charge in [0.1, 0.15) is 0 Å². The molecule has 1 aromatic carbocycles. The summed E-state index contributed by atoms with van der Waals surface area (Å²) in [5, 5.41) is 7.99. The zero-order valence-electron chi connectivity index (χ0n) is 18.3. The minimum absolute atomic E-state index is 0.0971. The van der Waals surface area contributed by atoms with Gasteiger partial charge < -0.3 is 10.1 Å². The third-order valence-electron chi connectivity index (χ3n) is 4.79. The minimum Gasteiger partial charge on any atom is -0.456 e. The van der Waals surface area contributed by atoms with Crippen LogP contribution in [0.2, 0.25) is 0 Å². The first-order chi connectivity index (χ1) is 16.0. The van der Waals surface area contributed by atoms with Crippen LogP contribution in [0.3, 0.4) is 0 Å². The normalized spacial score (nSPS) is 11.3. The average Bonchev–Trinajstić information content (AvgIpc) is 3.22. The van der Waals surface area contributed by atoms with E-state index in [9.17, 15) is 27.6 Å². The van der Waals surface area contributed by atoms with Gasteiger partial charge in [-0.3, -0.25) is 14.9 Å². The van der Waals surface area contributed by atoms with E-state index < -0.39 is 36.5 Å². The fourth-order valence-corrected chi connectivity index (χ4v) is 3.12. The van der Waals surface area contributed by atoms with Gasteiger partial charge in [-0.15, -0.1) is 5.10 Å². The molecule has 2 heterocycles. The fraction of sp³-hybridized carbons (Fsp3) is 0.333. The standard InChI is InChI=1S/C21H21F3N6O4/c1-12-15(13(2)30-19(26-12)28-18(29-30)21(22,23)24)8-9-17(32)34-11-16(31)27-20(33)25-10-14-6-4-3-5-7-14/h3-7H,8-11H2,1-2H3,(H2,25,27,31,33). The molecule has 0 aliphatic heterocycles. The zero-order valence-corrected chi connectivity index (χ0v) is 18.3. The molecule has 2 N–H and O–H groups in total. The smallest absolute Gasteiger partial charge is 0.453 e. The average molecular weight is 478 g/mol. The van der Waals surface area contributed by atoms with Crippen LogP contribution in [0.25, 0.3) is 5.78 Å². The number of hydrogen-bond donors (Lipinski definition) is 2. The Hall–Kier alpha value is -4.03. The van der Waals surface area contributed by atoms with Gasteiger partial charge >= 0.3 is 18.2 Å². The van der Waals surface area contributed by atoms with E-state index in [2.05, 4.69) is 20.4 Å². The number of urea groups is 1. The number of carbonyl (C=O) groups is 3. The van der Waals surface area contributed by atoms with Gasteiger partial charge in [-0.25, -0.2) is 14.3 Å². The van der Waals surface area contributed by atoms with Gasteiger partial charge in [0.15, 0.2) is 6.61 Å². The predicted octanol–water partition coefficient (Wildman–Crippen LogP) is 2.26. The van der Waals surface area contributed by atoms with Crippen LogP contribution in [-0.4, -0.2) is 44.1 Å². The lowest BCUT2D eigenvalue weighted by molar-refractivity contribution is -0.148. The van der Waals surface area contributed by atoms with Crippen LogP contribution in [0.1, 0.15) is 34.8 Å². The topological polar surface area (TPSA) is 128 Å². The number of nitrogens with zero attached hydrogens (tertiary/aromatic N) is 4. The Morgan fingerprint density at radius 1 is 1.09 bits per heavy atom. The molecule has 0 aliphatic carbocycles. The van der Waals surface area contributed by atoms with Gasteiger partial charge in [0.05, 0.1) is 0 Å². The van der Waals surface area contributed by atoms with Crippen molar-refractivity contribution in [2.45, 2.75) is 39.4 Å². The molecule has 0 saturated carbocycles. The Balaban J connectivity index is 1.49. The number of aryl methyl sites for hydroxylation is 2. The van der Waals surface area contributed by atoms with Crippen LogP contribution in [0.4, 0.5) is 18.0 Å². The van der Waals surface area contributed by atoms with Gasteiger partial charge in [0.2, 0.25) is 0 Å². The first-order valence-corrected chi connectivity index (χ1v) is 10.1. The highest BCUT2D eigenvalue weighted by atomic mass is 19.4. The molecule has 3 amide bonds. The number of halogens is 3. The van der Waals surface area contributed by atoms with Gasteiger partial charge in [-0.1, -0.05) is 30.3 Å². The lowest BCUT2D eigenvalue weighted by atomic mass is 10.1. The summed E-state index contributed by atoms with van der Waals surface area (Å²) in [5.41, 5.74) is 2.10. The van der Waals surface area contributed by atoms with E-state index in [0.717, 1.165) is 10.1 Å². The number of amides is 3. The largest absolute Gasteiger partial charge is 0.456 e. The van der Waals surface area contributed by atoms with Crippen molar-refractivity contribution in [3.63, 3.8) is 0 Å². The van der Waals surface area contributed by atoms with Crippen molar-refractivity contribution in [1.29, 1.82) is 0 Å². The van der Waals surface area contributed by atoms with Gasteiger partial charge in [0.25, 0.3) is 17.5 Å². The number of carbonyl (C=O) groups excluding carboxylic acids is 3. The maximum absolute atomic E-state index is 12.9. The first-order valence-electron chi connectivity index (χ1n) is 10.1. The number of esters is 1. The second-order valence-corrected chi connectivity index (χ2v) is 7.28. The third kappa shape index (κ3) is 6.27. The number of imide groups is 1. The van der Waals surface area contributed by atoms with Gasteiger partial charge in [0, 0.05) is 24.4 Å². The van der Waals surface area contributed by atoms with Gasteiger partial charge in [-0.2, -0.15) is 18.2 Å². The summed E-state index contributed by atoms with van der Waals surface area (Å²) >= 11 is 0.